The number of nitrogens with zero attached hydrogens (tertiary/aromatic N) is 2. The van der Waals surface area contributed by atoms with E-state index in [0.29, 0.717) is 12.0 Å². The third kappa shape index (κ3) is 2.19. The Labute approximate surface area is 110 Å². The van der Waals surface area contributed by atoms with Crippen molar-refractivity contribution in [1.82, 2.24) is 0 Å². The smallest absolute Gasteiger partial charge is 0.280 e. The van der Waals surface area contributed by atoms with E-state index < -0.39 is 27.3 Å². The number of allylic oxidation sites excluding steroid dienone is 2. The highest BCUT2D eigenvalue weighted by Crippen LogP contribution is 2.38. The fourth-order valence-electron chi connectivity index (χ4n) is 2.38. The van der Waals surface area contributed by atoms with Gasteiger partial charge in [-0.05, 0) is 18.4 Å². The number of hydrogen-bond donors (Lipinski definition) is 2. The Morgan fingerprint density at radius 3 is 2.37 bits per heavy atom. The van der Waals surface area contributed by atoms with Gasteiger partial charge in [0.25, 0.3) is 11.7 Å². The Bertz CT molecular complexity index is 485. The normalized spacial score (nSPS) is 28.8. The average Bonchev–Trinajstić information content (AvgIpc) is 2.31. The van der Waals surface area contributed by atoms with Crippen molar-refractivity contribution in [3.63, 3.8) is 0 Å². The lowest BCUT2D eigenvalue weighted by atomic mass is 9.71. The van der Waals surface area contributed by atoms with Gasteiger partial charge in [-0.15, -0.1) is 0 Å². The highest BCUT2D eigenvalue weighted by atomic mass is 16.6. The van der Waals surface area contributed by atoms with Crippen molar-refractivity contribution < 1.29 is 9.85 Å². The zero-order valence-electron chi connectivity index (χ0n) is 11.1. The SMILES string of the molecule is CCC(C)C1(N)C([N+](=O)[O-])=CC(C)=C(N)C1[N+](=O)[O-]. The van der Waals surface area contributed by atoms with Crippen LogP contribution in [0, 0.1) is 26.1 Å². The van der Waals surface area contributed by atoms with Gasteiger partial charge in [0.1, 0.15) is 0 Å². The molecule has 0 amide bonds. The van der Waals surface area contributed by atoms with E-state index in [1.807, 2.05) is 0 Å². The molecular formula is C11H18N4O4. The maximum atomic E-state index is 11.3. The third-order valence-corrected chi connectivity index (χ3v) is 3.83. The fraction of sp³-hybridized carbons (Fsp3) is 0.636. The van der Waals surface area contributed by atoms with E-state index in [2.05, 4.69) is 0 Å². The molecule has 1 aliphatic carbocycles. The van der Waals surface area contributed by atoms with Gasteiger partial charge in [-0.3, -0.25) is 20.2 Å². The summed E-state index contributed by atoms with van der Waals surface area (Å²) >= 11 is 0. The zero-order valence-corrected chi connectivity index (χ0v) is 11.1. The summed E-state index contributed by atoms with van der Waals surface area (Å²) in [7, 11) is 0. The molecule has 8 heteroatoms. The molecule has 0 saturated heterocycles. The number of hydrogen-bond acceptors (Lipinski definition) is 6. The Morgan fingerprint density at radius 1 is 1.47 bits per heavy atom. The molecule has 0 aromatic heterocycles. The molecule has 4 N–H and O–H groups in total. The van der Waals surface area contributed by atoms with Crippen molar-refractivity contribution in [2.24, 2.45) is 17.4 Å². The molecule has 8 nitrogen and oxygen atoms in total. The molecule has 0 bridgehead atoms. The minimum absolute atomic E-state index is 0.0154. The molecule has 0 aromatic rings. The predicted molar refractivity (Wildman–Crippen MR) is 69.1 cm³/mol. The van der Waals surface area contributed by atoms with Crippen molar-refractivity contribution in [1.29, 1.82) is 0 Å². The highest BCUT2D eigenvalue weighted by Gasteiger charge is 2.59. The maximum Gasteiger partial charge on any atom is 0.280 e. The summed E-state index contributed by atoms with van der Waals surface area (Å²) in [5, 5.41) is 22.5. The minimum atomic E-state index is -1.70. The summed E-state index contributed by atoms with van der Waals surface area (Å²) in [6.07, 6.45) is 1.71. The molecule has 0 aromatic carbocycles. The summed E-state index contributed by atoms with van der Waals surface area (Å²) in [6, 6.07) is -1.48. The van der Waals surface area contributed by atoms with Crippen LogP contribution in [0.5, 0.6) is 0 Å². The van der Waals surface area contributed by atoms with Crippen LogP contribution >= 0.6 is 0 Å². The van der Waals surface area contributed by atoms with Gasteiger partial charge in [-0.2, -0.15) is 0 Å². The molecule has 106 valence electrons. The molecule has 3 unspecified atom stereocenters. The molecule has 0 spiro atoms. The first-order valence-electron chi connectivity index (χ1n) is 5.93. The maximum absolute atomic E-state index is 11.3. The molecule has 0 saturated carbocycles. The van der Waals surface area contributed by atoms with Crippen molar-refractivity contribution in [3.05, 3.63) is 43.3 Å². The number of nitro groups is 2. The van der Waals surface area contributed by atoms with Gasteiger partial charge in [0.05, 0.1) is 10.6 Å². The third-order valence-electron chi connectivity index (χ3n) is 3.83. The lowest BCUT2D eigenvalue weighted by Crippen LogP contribution is -2.64. The second-order valence-electron chi connectivity index (χ2n) is 4.86. The second kappa shape index (κ2) is 4.96. The van der Waals surface area contributed by atoms with Gasteiger partial charge in [0.2, 0.25) is 0 Å². The topological polar surface area (TPSA) is 138 Å². The summed E-state index contributed by atoms with van der Waals surface area (Å²) < 4.78 is 0. The van der Waals surface area contributed by atoms with Crippen LogP contribution in [-0.4, -0.2) is 21.4 Å². The Kier molecular flexibility index (Phi) is 3.94. The monoisotopic (exact) mass is 270 g/mol. The number of nitrogens with two attached hydrogens (primary N) is 2. The van der Waals surface area contributed by atoms with Crippen LogP contribution in [0.15, 0.2) is 23.0 Å². The zero-order chi connectivity index (χ0) is 15.0. The van der Waals surface area contributed by atoms with Crippen molar-refractivity contribution >= 4 is 0 Å². The van der Waals surface area contributed by atoms with E-state index in [1.54, 1.807) is 13.8 Å². The van der Waals surface area contributed by atoms with E-state index in [-0.39, 0.29) is 11.4 Å². The average molecular weight is 270 g/mol. The summed E-state index contributed by atoms with van der Waals surface area (Å²) in [5.74, 6) is -0.453. The lowest BCUT2D eigenvalue weighted by Gasteiger charge is -2.36. The first kappa shape index (κ1) is 15.1. The summed E-state index contributed by atoms with van der Waals surface area (Å²) in [6.45, 7) is 4.93. The Balaban J connectivity index is 3.57. The van der Waals surface area contributed by atoms with Crippen molar-refractivity contribution in [3.8, 4) is 0 Å². The quantitative estimate of drug-likeness (QED) is 0.571. The van der Waals surface area contributed by atoms with E-state index in [0.717, 1.165) is 0 Å². The second-order valence-corrected chi connectivity index (χ2v) is 4.86. The van der Waals surface area contributed by atoms with E-state index in [1.165, 1.54) is 13.0 Å². The molecule has 3 atom stereocenters. The fourth-order valence-corrected chi connectivity index (χ4v) is 2.38. The van der Waals surface area contributed by atoms with Crippen LogP contribution in [0.3, 0.4) is 0 Å². The minimum Gasteiger partial charge on any atom is -0.396 e. The molecule has 0 aliphatic heterocycles. The standard InChI is InChI=1S/C11H18N4O4/c1-4-7(3)11(13)8(14(16)17)5-6(2)9(12)10(11)15(18)19/h5,7,10H,4,12-13H2,1-3H3. The first-order valence-corrected chi connectivity index (χ1v) is 5.93. The lowest BCUT2D eigenvalue weighted by molar-refractivity contribution is -0.536. The molecule has 1 rings (SSSR count). The molecule has 0 fully saturated rings. The van der Waals surface area contributed by atoms with Crippen LogP contribution in [0.25, 0.3) is 0 Å². The van der Waals surface area contributed by atoms with E-state index in [9.17, 15) is 20.2 Å². The van der Waals surface area contributed by atoms with Gasteiger partial charge in [0, 0.05) is 11.0 Å². The van der Waals surface area contributed by atoms with Gasteiger partial charge in [0.15, 0.2) is 5.54 Å². The largest absolute Gasteiger partial charge is 0.396 e. The van der Waals surface area contributed by atoms with Crippen LogP contribution in [0.2, 0.25) is 0 Å². The molecular weight excluding hydrogens is 252 g/mol. The highest BCUT2D eigenvalue weighted by molar-refractivity contribution is 5.40. The van der Waals surface area contributed by atoms with Crippen LogP contribution in [-0.2, 0) is 0 Å². The summed E-state index contributed by atoms with van der Waals surface area (Å²) in [4.78, 5) is 21.2. The van der Waals surface area contributed by atoms with Gasteiger partial charge >= 0.3 is 0 Å². The first-order chi connectivity index (χ1) is 8.67. The Morgan fingerprint density at radius 2 is 2.00 bits per heavy atom. The van der Waals surface area contributed by atoms with Crippen molar-refractivity contribution in [2.45, 2.75) is 38.8 Å². The molecule has 0 heterocycles. The van der Waals surface area contributed by atoms with Crippen LogP contribution < -0.4 is 11.5 Å². The van der Waals surface area contributed by atoms with Gasteiger partial charge in [-0.1, -0.05) is 20.3 Å². The van der Waals surface area contributed by atoms with Crippen molar-refractivity contribution in [2.75, 3.05) is 0 Å². The van der Waals surface area contributed by atoms with Gasteiger partial charge < -0.3 is 11.5 Å². The van der Waals surface area contributed by atoms with Crippen LogP contribution in [0.4, 0.5) is 0 Å². The van der Waals surface area contributed by atoms with E-state index >= 15 is 0 Å². The van der Waals surface area contributed by atoms with Crippen LogP contribution in [0.1, 0.15) is 27.2 Å². The Hall–Kier alpha value is -1.96. The molecule has 19 heavy (non-hydrogen) atoms. The van der Waals surface area contributed by atoms with E-state index in [4.69, 9.17) is 11.5 Å². The molecule has 0 radical (unpaired) electrons. The summed E-state index contributed by atoms with van der Waals surface area (Å²) in [5.41, 5.74) is 10.1. The number of rotatable bonds is 4. The predicted octanol–water partition coefficient (Wildman–Crippen LogP) is 0.782. The molecule has 1 aliphatic rings. The van der Waals surface area contributed by atoms with Gasteiger partial charge in [-0.25, -0.2) is 0 Å².